The molecule has 0 saturated carbocycles. The van der Waals surface area contributed by atoms with Crippen molar-refractivity contribution in [1.82, 2.24) is 14.9 Å². The van der Waals surface area contributed by atoms with E-state index in [1.165, 1.54) is 7.11 Å². The lowest BCUT2D eigenvalue weighted by molar-refractivity contribution is 0.0951. The summed E-state index contributed by atoms with van der Waals surface area (Å²) in [7, 11) is 1.54. The van der Waals surface area contributed by atoms with Gasteiger partial charge >= 0.3 is 0 Å². The number of carbonyl (C=O) groups excluding carboxylic acids is 1. The molecular weight excluding hydrogens is 404 g/mol. The molecule has 0 spiro atoms. The number of pyridine rings is 2. The second-order valence-corrected chi connectivity index (χ2v) is 7.25. The number of nitriles is 1. The zero-order valence-corrected chi connectivity index (χ0v) is 17.4. The van der Waals surface area contributed by atoms with Gasteiger partial charge in [-0.2, -0.15) is 5.26 Å². The van der Waals surface area contributed by atoms with E-state index in [4.69, 9.17) is 10.00 Å². The molecule has 0 atom stereocenters. The summed E-state index contributed by atoms with van der Waals surface area (Å²) < 4.78 is 6.69. The van der Waals surface area contributed by atoms with Crippen molar-refractivity contribution < 1.29 is 9.53 Å². The van der Waals surface area contributed by atoms with Gasteiger partial charge in [-0.1, -0.05) is 18.2 Å². The van der Waals surface area contributed by atoms with E-state index in [1.54, 1.807) is 59.4 Å². The molecule has 158 valence electrons. The van der Waals surface area contributed by atoms with Crippen molar-refractivity contribution >= 4 is 16.7 Å². The van der Waals surface area contributed by atoms with Crippen LogP contribution in [-0.4, -0.2) is 22.6 Å². The van der Waals surface area contributed by atoms with Crippen LogP contribution in [0.4, 0.5) is 0 Å². The molecule has 32 heavy (non-hydrogen) atoms. The Morgan fingerprint density at radius 2 is 1.91 bits per heavy atom. The first-order valence-electron chi connectivity index (χ1n) is 9.97. The summed E-state index contributed by atoms with van der Waals surface area (Å²) in [6.07, 6.45) is 3.35. The van der Waals surface area contributed by atoms with Crippen molar-refractivity contribution in [2.24, 2.45) is 0 Å². The molecule has 0 unspecified atom stereocenters. The second kappa shape index (κ2) is 9.14. The number of benzene rings is 2. The molecule has 0 bridgehead atoms. The fraction of sp³-hybridized carbons (Fsp3) is 0.120. The third-order valence-electron chi connectivity index (χ3n) is 5.14. The van der Waals surface area contributed by atoms with E-state index >= 15 is 0 Å². The van der Waals surface area contributed by atoms with Gasteiger partial charge in [0, 0.05) is 36.0 Å². The summed E-state index contributed by atoms with van der Waals surface area (Å²) in [6.45, 7) is 0.689. The number of carbonyl (C=O) groups is 1. The number of nitrogens with zero attached hydrogens (tertiary/aromatic N) is 3. The Balaban J connectivity index is 1.55. The van der Waals surface area contributed by atoms with Crippen LogP contribution < -0.4 is 15.6 Å². The quantitative estimate of drug-likeness (QED) is 0.512. The lowest BCUT2D eigenvalue weighted by Gasteiger charge is -2.10. The Bertz CT molecular complexity index is 1390. The van der Waals surface area contributed by atoms with Crippen molar-refractivity contribution in [3.63, 3.8) is 0 Å². The zero-order valence-electron chi connectivity index (χ0n) is 17.4. The molecule has 0 aliphatic carbocycles. The van der Waals surface area contributed by atoms with Crippen LogP contribution in [0.25, 0.3) is 10.8 Å². The molecule has 4 rings (SSSR count). The predicted molar refractivity (Wildman–Crippen MR) is 120 cm³/mol. The average molecular weight is 424 g/mol. The van der Waals surface area contributed by atoms with Crippen molar-refractivity contribution in [3.8, 4) is 11.9 Å². The number of nitrogens with one attached hydrogen (secondary N) is 1. The van der Waals surface area contributed by atoms with E-state index < -0.39 is 0 Å². The van der Waals surface area contributed by atoms with Gasteiger partial charge in [0.2, 0.25) is 5.88 Å². The summed E-state index contributed by atoms with van der Waals surface area (Å²) in [4.78, 5) is 29.8. The summed E-state index contributed by atoms with van der Waals surface area (Å²) in [5, 5.41) is 13.0. The Kier molecular flexibility index (Phi) is 5.95. The minimum atomic E-state index is -0.274. The van der Waals surface area contributed by atoms with Crippen LogP contribution in [-0.2, 0) is 13.1 Å². The first kappa shape index (κ1) is 20.8. The van der Waals surface area contributed by atoms with Crippen molar-refractivity contribution in [2.45, 2.75) is 13.1 Å². The van der Waals surface area contributed by atoms with Gasteiger partial charge in [-0.25, -0.2) is 4.98 Å². The molecule has 0 saturated heterocycles. The number of hydrogen-bond donors (Lipinski definition) is 1. The number of methoxy groups -OCH3 is 1. The third kappa shape index (κ3) is 4.50. The van der Waals surface area contributed by atoms with Crippen LogP contribution in [0.1, 0.15) is 27.0 Å². The maximum absolute atomic E-state index is 13.0. The van der Waals surface area contributed by atoms with Gasteiger partial charge in [-0.15, -0.1) is 0 Å². The number of aromatic nitrogens is 2. The molecule has 0 radical (unpaired) electrons. The number of hydrogen-bond acceptors (Lipinski definition) is 5. The summed E-state index contributed by atoms with van der Waals surface area (Å²) in [5.41, 5.74) is 2.57. The van der Waals surface area contributed by atoms with Gasteiger partial charge in [-0.05, 0) is 52.9 Å². The molecule has 0 aliphatic rings. The van der Waals surface area contributed by atoms with Crippen molar-refractivity contribution in [3.05, 3.63) is 106 Å². The fourth-order valence-corrected chi connectivity index (χ4v) is 3.38. The lowest BCUT2D eigenvalue weighted by atomic mass is 10.1. The van der Waals surface area contributed by atoms with E-state index in [2.05, 4.69) is 16.4 Å². The minimum absolute atomic E-state index is 0.180. The number of amides is 1. The van der Waals surface area contributed by atoms with E-state index in [-0.39, 0.29) is 11.5 Å². The number of fused-ring (bicyclic) bond motifs is 1. The molecule has 1 N–H and O–H groups in total. The van der Waals surface area contributed by atoms with Gasteiger partial charge in [0.25, 0.3) is 11.5 Å². The van der Waals surface area contributed by atoms with E-state index in [0.29, 0.717) is 35.5 Å². The largest absolute Gasteiger partial charge is 0.481 e. The molecule has 2 heterocycles. The third-order valence-corrected chi connectivity index (χ3v) is 5.14. The summed E-state index contributed by atoms with van der Waals surface area (Å²) in [6, 6.07) is 19.7. The SMILES string of the molecule is COc1cc(CNC(=O)c2ccc3ccn(Cc4ccc(C#N)cc4)c(=O)c3c2)ccn1. The van der Waals surface area contributed by atoms with Crippen LogP contribution in [0, 0.1) is 11.3 Å². The molecule has 7 heteroatoms. The van der Waals surface area contributed by atoms with Crippen LogP contribution in [0.5, 0.6) is 5.88 Å². The number of rotatable bonds is 6. The maximum Gasteiger partial charge on any atom is 0.258 e. The fourth-order valence-electron chi connectivity index (χ4n) is 3.38. The molecule has 2 aromatic heterocycles. The van der Waals surface area contributed by atoms with E-state index in [0.717, 1.165) is 16.5 Å². The first-order chi connectivity index (χ1) is 15.6. The van der Waals surface area contributed by atoms with Crippen LogP contribution in [0.15, 0.2) is 77.9 Å². The highest BCUT2D eigenvalue weighted by Gasteiger charge is 2.10. The normalized spacial score (nSPS) is 10.5. The average Bonchev–Trinajstić information content (AvgIpc) is 2.84. The molecule has 0 fully saturated rings. The van der Waals surface area contributed by atoms with Gasteiger partial charge < -0.3 is 14.6 Å². The Hall–Kier alpha value is -4.44. The Morgan fingerprint density at radius 3 is 2.66 bits per heavy atom. The van der Waals surface area contributed by atoms with E-state index in [9.17, 15) is 9.59 Å². The van der Waals surface area contributed by atoms with E-state index in [1.807, 2.05) is 18.2 Å². The molecule has 4 aromatic rings. The molecule has 1 amide bonds. The Morgan fingerprint density at radius 1 is 1.09 bits per heavy atom. The van der Waals surface area contributed by atoms with Gasteiger partial charge in [-0.3, -0.25) is 9.59 Å². The van der Waals surface area contributed by atoms with Crippen LogP contribution in [0.3, 0.4) is 0 Å². The van der Waals surface area contributed by atoms with Gasteiger partial charge in [0.05, 0.1) is 25.3 Å². The highest BCUT2D eigenvalue weighted by molar-refractivity contribution is 5.98. The first-order valence-corrected chi connectivity index (χ1v) is 9.97. The second-order valence-electron chi connectivity index (χ2n) is 7.25. The highest BCUT2D eigenvalue weighted by atomic mass is 16.5. The van der Waals surface area contributed by atoms with Crippen LogP contribution >= 0.6 is 0 Å². The lowest BCUT2D eigenvalue weighted by Crippen LogP contribution is -2.24. The monoisotopic (exact) mass is 424 g/mol. The van der Waals surface area contributed by atoms with Gasteiger partial charge in [0.1, 0.15) is 0 Å². The van der Waals surface area contributed by atoms with Gasteiger partial charge in [0.15, 0.2) is 0 Å². The minimum Gasteiger partial charge on any atom is -0.481 e. The predicted octanol–water partition coefficient (Wildman–Crippen LogP) is 3.26. The van der Waals surface area contributed by atoms with Crippen LogP contribution in [0.2, 0.25) is 0 Å². The summed E-state index contributed by atoms with van der Waals surface area (Å²) in [5.74, 6) is 0.204. The standard InChI is InChI=1S/C25H20N4O3/c1-32-23-12-19(8-10-27-23)15-28-24(30)21-7-6-20-9-11-29(25(31)22(20)13-21)16-18-4-2-17(14-26)3-5-18/h2-13H,15-16H2,1H3,(H,28,30). The van der Waals surface area contributed by atoms with Crippen molar-refractivity contribution in [2.75, 3.05) is 7.11 Å². The molecule has 0 aliphatic heterocycles. The number of ether oxygens (including phenoxy) is 1. The topological polar surface area (TPSA) is 97.0 Å². The molecule has 2 aromatic carbocycles. The summed E-state index contributed by atoms with van der Waals surface area (Å²) >= 11 is 0. The maximum atomic E-state index is 13.0. The zero-order chi connectivity index (χ0) is 22.5. The van der Waals surface area contributed by atoms with Crippen molar-refractivity contribution in [1.29, 1.82) is 5.26 Å². The molecule has 7 nitrogen and oxygen atoms in total. The smallest absolute Gasteiger partial charge is 0.258 e. The Labute approximate surface area is 184 Å². The highest BCUT2D eigenvalue weighted by Crippen LogP contribution is 2.14. The molecular formula is C25H20N4O3.